The molecule has 35 heavy (non-hydrogen) atoms. The first-order valence-electron chi connectivity index (χ1n) is 11.6. The average molecular weight is 451 g/mol. The second-order valence-corrected chi connectivity index (χ2v) is 8.77. The summed E-state index contributed by atoms with van der Waals surface area (Å²) in [6.45, 7) is 0. The Hall–Kier alpha value is -4.90. The van der Waals surface area contributed by atoms with Crippen LogP contribution in [0.25, 0.3) is 54.6 Å². The van der Waals surface area contributed by atoms with Crippen LogP contribution in [-0.4, -0.2) is 18.8 Å². The van der Waals surface area contributed by atoms with E-state index in [1.165, 1.54) is 21.5 Å². The van der Waals surface area contributed by atoms with Crippen molar-refractivity contribution in [2.75, 3.05) is 0 Å². The van der Waals surface area contributed by atoms with Crippen molar-refractivity contribution in [3.63, 3.8) is 0 Å². The second kappa shape index (κ2) is 6.81. The summed E-state index contributed by atoms with van der Waals surface area (Å²) in [6.07, 6.45) is 3.90. The molecule has 0 unspecified atom stereocenters. The van der Waals surface area contributed by atoms with E-state index >= 15 is 0 Å². The van der Waals surface area contributed by atoms with Crippen LogP contribution in [0.4, 0.5) is 0 Å². The first kappa shape index (κ1) is 18.5. The molecule has 0 radical (unpaired) electrons. The molecule has 0 saturated carbocycles. The molecule has 4 aromatic carbocycles. The van der Waals surface area contributed by atoms with E-state index in [1.807, 2.05) is 24.5 Å². The number of para-hydroxylation sites is 2. The summed E-state index contributed by atoms with van der Waals surface area (Å²) in [4.78, 5) is 9.75. The Labute approximate surface area is 199 Å². The van der Waals surface area contributed by atoms with Crippen molar-refractivity contribution in [1.82, 2.24) is 18.8 Å². The van der Waals surface area contributed by atoms with Crippen LogP contribution in [0.5, 0.6) is 11.8 Å². The van der Waals surface area contributed by atoms with Crippen molar-refractivity contribution in [1.29, 1.82) is 0 Å². The van der Waals surface area contributed by atoms with Gasteiger partial charge in [0.05, 0.1) is 23.4 Å². The molecule has 0 spiro atoms. The molecule has 0 bridgehead atoms. The highest BCUT2D eigenvalue weighted by Crippen LogP contribution is 2.34. The van der Waals surface area contributed by atoms with Crippen LogP contribution in [0, 0.1) is 0 Å². The predicted octanol–water partition coefficient (Wildman–Crippen LogP) is 7.39. The number of rotatable bonds is 2. The fourth-order valence-corrected chi connectivity index (χ4v) is 5.32. The predicted molar refractivity (Wildman–Crippen MR) is 140 cm³/mol. The number of ether oxygens (including phenoxy) is 1. The van der Waals surface area contributed by atoms with Gasteiger partial charge in [-0.15, -0.1) is 0 Å². The van der Waals surface area contributed by atoms with E-state index in [0.717, 1.165) is 33.1 Å². The number of aromatic nitrogens is 4. The maximum absolute atomic E-state index is 6.28. The molecule has 8 rings (SSSR count). The van der Waals surface area contributed by atoms with Gasteiger partial charge in [-0.25, -0.2) is 0 Å². The summed E-state index contributed by atoms with van der Waals surface area (Å²) in [5.74, 6) is 1.03. The van der Waals surface area contributed by atoms with Crippen molar-refractivity contribution in [2.45, 2.75) is 0 Å². The van der Waals surface area contributed by atoms with Gasteiger partial charge in [0.15, 0.2) is 0 Å². The lowest BCUT2D eigenvalue weighted by atomic mass is 10.1. The van der Waals surface area contributed by atoms with E-state index in [2.05, 4.69) is 93.7 Å². The molecule has 5 heteroatoms. The van der Waals surface area contributed by atoms with Crippen LogP contribution in [0.2, 0.25) is 0 Å². The first-order valence-corrected chi connectivity index (χ1v) is 11.6. The zero-order valence-corrected chi connectivity index (χ0v) is 18.6. The van der Waals surface area contributed by atoms with E-state index in [-0.39, 0.29) is 0 Å². The minimum atomic E-state index is 0.517. The molecule has 5 nitrogen and oxygen atoms in total. The maximum atomic E-state index is 6.28. The smallest absolute Gasteiger partial charge is 0.240 e. The van der Waals surface area contributed by atoms with Gasteiger partial charge in [0.1, 0.15) is 11.3 Å². The minimum Gasteiger partial charge on any atom is -0.417 e. The Balaban J connectivity index is 1.36. The van der Waals surface area contributed by atoms with Crippen molar-refractivity contribution in [3.05, 3.63) is 109 Å². The fraction of sp³-hybridized carbons (Fsp3) is 0. The summed E-state index contributed by atoms with van der Waals surface area (Å²) in [7, 11) is 0. The van der Waals surface area contributed by atoms with Crippen LogP contribution in [0.1, 0.15) is 0 Å². The lowest BCUT2D eigenvalue weighted by molar-refractivity contribution is 0.451. The van der Waals surface area contributed by atoms with Gasteiger partial charge in [0, 0.05) is 21.5 Å². The third-order valence-corrected chi connectivity index (χ3v) is 6.82. The van der Waals surface area contributed by atoms with Crippen molar-refractivity contribution in [3.8, 4) is 11.8 Å². The Morgan fingerprint density at radius 2 is 0.800 bits per heavy atom. The topological polar surface area (TPSA) is 43.8 Å². The Kier molecular flexibility index (Phi) is 3.60. The summed E-state index contributed by atoms with van der Waals surface area (Å²) >= 11 is 0. The molecule has 0 N–H and O–H groups in total. The van der Waals surface area contributed by atoms with Crippen molar-refractivity contribution < 1.29 is 4.74 Å². The maximum Gasteiger partial charge on any atom is 0.240 e. The van der Waals surface area contributed by atoms with E-state index < -0.39 is 0 Å². The number of hydrogen-bond acceptors (Lipinski definition) is 3. The number of benzene rings is 4. The van der Waals surface area contributed by atoms with Gasteiger partial charge in [0.2, 0.25) is 11.8 Å². The van der Waals surface area contributed by atoms with Crippen LogP contribution in [0.3, 0.4) is 0 Å². The number of hydrogen-bond donors (Lipinski definition) is 0. The average Bonchev–Trinajstić information content (AvgIpc) is 3.54. The number of nitrogens with zero attached hydrogens (tertiary/aromatic N) is 4. The van der Waals surface area contributed by atoms with E-state index in [1.54, 1.807) is 0 Å². The number of pyridine rings is 2. The fourth-order valence-electron chi connectivity index (χ4n) is 5.32. The second-order valence-electron chi connectivity index (χ2n) is 8.77. The third kappa shape index (κ3) is 2.58. The van der Waals surface area contributed by atoms with Crippen LogP contribution < -0.4 is 4.74 Å². The van der Waals surface area contributed by atoms with E-state index in [0.29, 0.717) is 11.8 Å². The van der Waals surface area contributed by atoms with Crippen molar-refractivity contribution >= 4 is 54.6 Å². The molecular formula is C30H18N4O. The standard InChI is InChI=1S/C30H18N4O/c1-3-13-23-19(9-1)21-11-5-7-15-25(21)33-17-27(31-29(23)33)35-28-18-34-26-16-8-6-12-22(26)20-10-2-4-14-24(20)30(34)32-28/h1-18H. The minimum absolute atomic E-state index is 0.517. The molecule has 164 valence electrons. The van der Waals surface area contributed by atoms with Crippen LogP contribution in [0.15, 0.2) is 109 Å². The molecule has 0 atom stereocenters. The highest BCUT2D eigenvalue weighted by atomic mass is 16.5. The zero-order valence-electron chi connectivity index (χ0n) is 18.6. The molecular weight excluding hydrogens is 432 g/mol. The molecule has 0 aliphatic rings. The first-order chi connectivity index (χ1) is 17.3. The van der Waals surface area contributed by atoms with Gasteiger partial charge in [-0.2, -0.15) is 9.97 Å². The normalized spacial score (nSPS) is 12.0. The molecule has 4 aromatic heterocycles. The third-order valence-electron chi connectivity index (χ3n) is 6.82. The molecule has 0 aliphatic heterocycles. The van der Waals surface area contributed by atoms with Crippen molar-refractivity contribution in [2.24, 2.45) is 0 Å². The number of imidazole rings is 2. The largest absolute Gasteiger partial charge is 0.417 e. The Morgan fingerprint density at radius 1 is 0.429 bits per heavy atom. The van der Waals surface area contributed by atoms with E-state index in [9.17, 15) is 0 Å². The highest BCUT2D eigenvalue weighted by molar-refractivity contribution is 6.12. The molecule has 0 fully saturated rings. The Morgan fingerprint density at radius 3 is 1.26 bits per heavy atom. The summed E-state index contributed by atoms with van der Waals surface area (Å²) in [6, 6.07) is 33.5. The SMILES string of the molecule is c1ccc2c(c1)c1ccccc1n1cc(Oc3cn4c5ccccc5c5ccccc5c4n3)nc21. The molecule has 8 aromatic rings. The van der Waals surface area contributed by atoms with E-state index in [4.69, 9.17) is 14.7 Å². The zero-order chi connectivity index (χ0) is 22.9. The van der Waals surface area contributed by atoms with Gasteiger partial charge < -0.3 is 4.74 Å². The van der Waals surface area contributed by atoms with Gasteiger partial charge >= 0.3 is 0 Å². The quantitative estimate of drug-likeness (QED) is 0.258. The molecule has 4 heterocycles. The van der Waals surface area contributed by atoms with Gasteiger partial charge in [0.25, 0.3) is 0 Å². The lowest BCUT2D eigenvalue weighted by Crippen LogP contribution is -1.89. The molecule has 0 amide bonds. The summed E-state index contributed by atoms with van der Waals surface area (Å²) < 4.78 is 10.5. The van der Waals surface area contributed by atoms with Crippen LogP contribution in [-0.2, 0) is 0 Å². The lowest BCUT2D eigenvalue weighted by Gasteiger charge is -2.06. The molecule has 0 aliphatic carbocycles. The van der Waals surface area contributed by atoms with Gasteiger partial charge in [-0.3, -0.25) is 8.80 Å². The Bertz CT molecular complexity index is 1800. The summed E-state index contributed by atoms with van der Waals surface area (Å²) in [5, 5.41) is 6.91. The monoisotopic (exact) mass is 450 g/mol. The highest BCUT2D eigenvalue weighted by Gasteiger charge is 2.15. The van der Waals surface area contributed by atoms with Gasteiger partial charge in [-0.1, -0.05) is 84.9 Å². The number of fused-ring (bicyclic) bond motifs is 12. The van der Waals surface area contributed by atoms with Gasteiger partial charge in [-0.05, 0) is 22.9 Å². The molecule has 0 saturated heterocycles. The van der Waals surface area contributed by atoms with Crippen LogP contribution >= 0.6 is 0 Å². The summed E-state index contributed by atoms with van der Waals surface area (Å²) in [5.41, 5.74) is 3.93.